The second kappa shape index (κ2) is 6.76. The molecule has 0 spiro atoms. The number of thioether (sulfide) groups is 1. The highest BCUT2D eigenvalue weighted by atomic mass is 32.2. The van der Waals surface area contributed by atoms with Gasteiger partial charge in [-0.3, -0.25) is 0 Å². The molecule has 112 valence electrons. The van der Waals surface area contributed by atoms with Crippen LogP contribution in [0.1, 0.15) is 23.8 Å². The Kier molecular flexibility index (Phi) is 5.01. The highest BCUT2D eigenvalue weighted by Gasteiger charge is 2.23. The SMILES string of the molecule is CCC(CSC)N(C)c1c(C(=O)O)nnc2ccccc12. The van der Waals surface area contributed by atoms with Gasteiger partial charge in [-0.15, -0.1) is 10.2 Å². The van der Waals surface area contributed by atoms with Crippen molar-refractivity contribution in [2.24, 2.45) is 0 Å². The third-order valence-corrected chi connectivity index (χ3v) is 4.29. The maximum atomic E-state index is 11.5. The number of rotatable bonds is 6. The summed E-state index contributed by atoms with van der Waals surface area (Å²) in [6.45, 7) is 2.11. The number of aromatic nitrogens is 2. The van der Waals surface area contributed by atoms with E-state index in [2.05, 4.69) is 23.4 Å². The molecule has 0 amide bonds. The van der Waals surface area contributed by atoms with E-state index in [9.17, 15) is 9.90 Å². The summed E-state index contributed by atoms with van der Waals surface area (Å²) in [5.74, 6) is -0.114. The van der Waals surface area contributed by atoms with Crippen LogP contribution < -0.4 is 4.90 Å². The normalized spacial score (nSPS) is 12.3. The summed E-state index contributed by atoms with van der Waals surface area (Å²) in [7, 11) is 1.93. The van der Waals surface area contributed by atoms with Crippen LogP contribution in [0.2, 0.25) is 0 Å². The molecule has 0 aliphatic heterocycles. The van der Waals surface area contributed by atoms with Crippen molar-refractivity contribution < 1.29 is 9.90 Å². The molecule has 0 radical (unpaired) electrons. The molecule has 1 aromatic carbocycles. The molecule has 21 heavy (non-hydrogen) atoms. The van der Waals surface area contributed by atoms with Crippen molar-refractivity contribution in [1.29, 1.82) is 0 Å². The van der Waals surface area contributed by atoms with Crippen LogP contribution >= 0.6 is 11.8 Å². The molecule has 1 N–H and O–H groups in total. The number of fused-ring (bicyclic) bond motifs is 1. The van der Waals surface area contributed by atoms with Gasteiger partial charge < -0.3 is 10.0 Å². The van der Waals surface area contributed by atoms with Gasteiger partial charge in [0.25, 0.3) is 0 Å². The van der Waals surface area contributed by atoms with Gasteiger partial charge in [-0.25, -0.2) is 4.79 Å². The number of hydrogen-bond acceptors (Lipinski definition) is 5. The van der Waals surface area contributed by atoms with E-state index < -0.39 is 5.97 Å². The van der Waals surface area contributed by atoms with Crippen molar-refractivity contribution in [2.45, 2.75) is 19.4 Å². The second-order valence-corrected chi connectivity index (χ2v) is 5.76. The Hall–Kier alpha value is -1.82. The van der Waals surface area contributed by atoms with Crippen molar-refractivity contribution in [3.8, 4) is 0 Å². The lowest BCUT2D eigenvalue weighted by molar-refractivity contribution is 0.0690. The van der Waals surface area contributed by atoms with Gasteiger partial charge in [-0.2, -0.15) is 11.8 Å². The average Bonchev–Trinajstić information content (AvgIpc) is 2.50. The van der Waals surface area contributed by atoms with Crippen molar-refractivity contribution in [3.05, 3.63) is 30.0 Å². The zero-order valence-corrected chi connectivity index (χ0v) is 13.2. The molecule has 1 unspecified atom stereocenters. The second-order valence-electron chi connectivity index (χ2n) is 4.85. The predicted octanol–water partition coefficient (Wildman–Crippen LogP) is 2.91. The van der Waals surface area contributed by atoms with Crippen molar-refractivity contribution >= 4 is 34.3 Å². The summed E-state index contributed by atoms with van der Waals surface area (Å²) in [6.07, 6.45) is 2.99. The Bertz CT molecular complexity index is 648. The number of aromatic carboxylic acids is 1. The van der Waals surface area contributed by atoms with Crippen LogP contribution in [0.4, 0.5) is 5.69 Å². The molecule has 0 aliphatic carbocycles. The van der Waals surface area contributed by atoms with E-state index in [4.69, 9.17) is 0 Å². The standard InChI is InChI=1S/C15H19N3O2S/c1-4-10(9-21-3)18(2)14-11-7-5-6-8-12(11)16-17-13(14)15(19)20/h5-8,10H,4,9H2,1-3H3,(H,19,20). The van der Waals surface area contributed by atoms with Gasteiger partial charge >= 0.3 is 5.97 Å². The van der Waals surface area contributed by atoms with Crippen LogP contribution in [-0.4, -0.2) is 46.4 Å². The van der Waals surface area contributed by atoms with Crippen LogP contribution in [0.25, 0.3) is 10.9 Å². The zero-order chi connectivity index (χ0) is 15.4. The number of anilines is 1. The molecule has 2 aromatic rings. The average molecular weight is 305 g/mol. The first kappa shape index (κ1) is 15.6. The third kappa shape index (κ3) is 3.10. The monoisotopic (exact) mass is 305 g/mol. The molecule has 0 saturated heterocycles. The molecular formula is C15H19N3O2S. The summed E-state index contributed by atoms with van der Waals surface area (Å²) >= 11 is 1.75. The summed E-state index contributed by atoms with van der Waals surface area (Å²) < 4.78 is 0. The topological polar surface area (TPSA) is 66.3 Å². The van der Waals surface area contributed by atoms with Crippen LogP contribution in [0, 0.1) is 0 Å². The van der Waals surface area contributed by atoms with Crippen LogP contribution in [0.5, 0.6) is 0 Å². The van der Waals surface area contributed by atoms with Gasteiger partial charge in [-0.05, 0) is 18.7 Å². The Labute approximate surface area is 128 Å². The summed E-state index contributed by atoms with van der Waals surface area (Å²) in [5.41, 5.74) is 1.37. The first-order valence-corrected chi connectivity index (χ1v) is 8.20. The minimum atomic E-state index is -1.05. The van der Waals surface area contributed by atoms with E-state index in [1.807, 2.05) is 36.2 Å². The molecule has 2 rings (SSSR count). The third-order valence-electron chi connectivity index (χ3n) is 3.57. The smallest absolute Gasteiger partial charge is 0.358 e. The van der Waals surface area contributed by atoms with Crippen LogP contribution in [0.15, 0.2) is 24.3 Å². The van der Waals surface area contributed by atoms with Crippen LogP contribution in [-0.2, 0) is 0 Å². The van der Waals surface area contributed by atoms with E-state index in [1.165, 1.54) is 0 Å². The fraction of sp³-hybridized carbons (Fsp3) is 0.400. The quantitative estimate of drug-likeness (QED) is 0.885. The number of carbonyl (C=O) groups is 1. The van der Waals surface area contributed by atoms with E-state index >= 15 is 0 Å². The number of carboxylic acids is 1. The molecular weight excluding hydrogens is 286 g/mol. The maximum Gasteiger partial charge on any atom is 0.358 e. The largest absolute Gasteiger partial charge is 0.476 e. The fourth-order valence-corrected chi connectivity index (χ4v) is 3.26. The lowest BCUT2D eigenvalue weighted by Crippen LogP contribution is -2.34. The molecule has 0 saturated carbocycles. The lowest BCUT2D eigenvalue weighted by Gasteiger charge is -2.30. The Morgan fingerprint density at radius 3 is 2.71 bits per heavy atom. The number of hydrogen-bond donors (Lipinski definition) is 1. The molecule has 0 bridgehead atoms. The minimum Gasteiger partial charge on any atom is -0.476 e. The molecule has 5 nitrogen and oxygen atoms in total. The lowest BCUT2D eigenvalue weighted by atomic mass is 10.1. The van der Waals surface area contributed by atoms with Gasteiger partial charge in [0, 0.05) is 24.2 Å². The van der Waals surface area contributed by atoms with Gasteiger partial charge in [0.2, 0.25) is 0 Å². The molecule has 1 heterocycles. The highest BCUT2D eigenvalue weighted by molar-refractivity contribution is 7.98. The molecule has 0 aliphatic rings. The first-order chi connectivity index (χ1) is 10.1. The Balaban J connectivity index is 2.63. The van der Waals surface area contributed by atoms with Gasteiger partial charge in [0.15, 0.2) is 5.69 Å². The molecule has 1 atom stereocenters. The Morgan fingerprint density at radius 2 is 2.10 bits per heavy atom. The summed E-state index contributed by atoms with van der Waals surface area (Å²) in [4.78, 5) is 13.5. The van der Waals surface area contributed by atoms with E-state index in [0.717, 1.165) is 17.6 Å². The Morgan fingerprint density at radius 1 is 1.38 bits per heavy atom. The predicted molar refractivity (Wildman–Crippen MR) is 87.4 cm³/mol. The summed E-state index contributed by atoms with van der Waals surface area (Å²) in [5, 5.41) is 18.2. The van der Waals surface area contributed by atoms with Gasteiger partial charge in [0.1, 0.15) is 0 Å². The van der Waals surface area contributed by atoms with Crippen LogP contribution in [0.3, 0.4) is 0 Å². The fourth-order valence-electron chi connectivity index (χ4n) is 2.42. The van der Waals surface area contributed by atoms with E-state index in [0.29, 0.717) is 11.2 Å². The number of benzene rings is 1. The van der Waals surface area contributed by atoms with Crippen molar-refractivity contribution in [3.63, 3.8) is 0 Å². The minimum absolute atomic E-state index is 0.00996. The van der Waals surface area contributed by atoms with Crippen molar-refractivity contribution in [2.75, 3.05) is 24.0 Å². The zero-order valence-electron chi connectivity index (χ0n) is 12.4. The number of nitrogens with zero attached hydrogens (tertiary/aromatic N) is 3. The molecule has 1 aromatic heterocycles. The maximum absolute atomic E-state index is 11.5. The van der Waals surface area contributed by atoms with Crippen molar-refractivity contribution in [1.82, 2.24) is 10.2 Å². The van der Waals surface area contributed by atoms with E-state index in [-0.39, 0.29) is 11.7 Å². The summed E-state index contributed by atoms with van der Waals surface area (Å²) in [6, 6.07) is 7.77. The molecule has 6 heteroatoms. The number of carboxylic acid groups (broad SMARTS) is 1. The van der Waals surface area contributed by atoms with Gasteiger partial charge in [-0.1, -0.05) is 25.1 Å². The first-order valence-electron chi connectivity index (χ1n) is 6.80. The highest BCUT2D eigenvalue weighted by Crippen LogP contribution is 2.30. The molecule has 0 fully saturated rings. The van der Waals surface area contributed by atoms with E-state index in [1.54, 1.807) is 11.8 Å². The van der Waals surface area contributed by atoms with Gasteiger partial charge in [0.05, 0.1) is 11.2 Å².